The summed E-state index contributed by atoms with van der Waals surface area (Å²) >= 11 is 0. The Hall–Kier alpha value is -2.30. The number of aromatic carboxylic acids is 1. The number of anilines is 1. The zero-order valence-corrected chi connectivity index (χ0v) is 10.4. The number of carboxylic acid groups (broad SMARTS) is 1. The first-order chi connectivity index (χ1) is 8.52. The Morgan fingerprint density at radius 2 is 2.11 bits per heavy atom. The Morgan fingerprint density at radius 1 is 1.39 bits per heavy atom. The van der Waals surface area contributed by atoms with Crippen LogP contribution in [0.3, 0.4) is 0 Å². The first-order valence-electron chi connectivity index (χ1n) is 5.52. The second-order valence-corrected chi connectivity index (χ2v) is 4.07. The lowest BCUT2D eigenvalue weighted by Gasteiger charge is -2.04. The Morgan fingerprint density at radius 3 is 2.67 bits per heavy atom. The van der Waals surface area contributed by atoms with E-state index in [9.17, 15) is 4.79 Å². The maximum absolute atomic E-state index is 11.1. The van der Waals surface area contributed by atoms with Crippen LogP contribution in [0.15, 0.2) is 22.6 Å². The van der Waals surface area contributed by atoms with E-state index in [4.69, 9.17) is 9.52 Å². The molecule has 5 heteroatoms. The fourth-order valence-electron chi connectivity index (χ4n) is 1.83. The van der Waals surface area contributed by atoms with Gasteiger partial charge in [0.15, 0.2) is 0 Å². The van der Waals surface area contributed by atoms with Gasteiger partial charge in [-0.3, -0.25) is 0 Å². The lowest BCUT2D eigenvalue weighted by atomic mass is 10.0. The van der Waals surface area contributed by atoms with Crippen LogP contribution in [0.25, 0.3) is 11.3 Å². The molecule has 0 radical (unpaired) electrons. The second-order valence-electron chi connectivity index (χ2n) is 4.07. The number of aromatic nitrogens is 1. The second kappa shape index (κ2) is 4.52. The molecular weight excluding hydrogens is 232 g/mol. The van der Waals surface area contributed by atoms with Crippen molar-refractivity contribution >= 4 is 12.0 Å². The largest absolute Gasteiger partial charge is 0.475 e. The number of hydrogen-bond acceptors (Lipinski definition) is 4. The molecule has 2 aromatic rings. The van der Waals surface area contributed by atoms with E-state index in [0.717, 1.165) is 16.7 Å². The summed E-state index contributed by atoms with van der Waals surface area (Å²) in [6.07, 6.45) is 0. The first-order valence-corrected chi connectivity index (χ1v) is 5.52. The quantitative estimate of drug-likeness (QED) is 0.870. The molecule has 2 rings (SSSR count). The van der Waals surface area contributed by atoms with Crippen LogP contribution in [-0.4, -0.2) is 23.1 Å². The molecule has 0 aliphatic carbocycles. The summed E-state index contributed by atoms with van der Waals surface area (Å²) in [4.78, 5) is 15.3. The summed E-state index contributed by atoms with van der Waals surface area (Å²) < 4.78 is 5.14. The fourth-order valence-corrected chi connectivity index (χ4v) is 1.83. The van der Waals surface area contributed by atoms with Crippen molar-refractivity contribution in [3.63, 3.8) is 0 Å². The Kier molecular flexibility index (Phi) is 3.06. The number of hydrogen-bond donors (Lipinski definition) is 2. The lowest BCUT2D eigenvalue weighted by Crippen LogP contribution is -1.97. The van der Waals surface area contributed by atoms with Gasteiger partial charge in [-0.1, -0.05) is 23.8 Å². The van der Waals surface area contributed by atoms with E-state index in [-0.39, 0.29) is 11.8 Å². The molecule has 0 aliphatic heterocycles. The Labute approximate surface area is 104 Å². The highest BCUT2D eigenvalue weighted by Crippen LogP contribution is 2.29. The summed E-state index contributed by atoms with van der Waals surface area (Å²) in [5, 5.41) is 11.8. The van der Waals surface area contributed by atoms with Crippen LogP contribution in [-0.2, 0) is 0 Å². The van der Waals surface area contributed by atoms with Crippen molar-refractivity contribution in [1.82, 2.24) is 4.98 Å². The van der Waals surface area contributed by atoms with Gasteiger partial charge in [0, 0.05) is 12.6 Å². The molecule has 0 fully saturated rings. The van der Waals surface area contributed by atoms with Gasteiger partial charge in [0.2, 0.25) is 5.76 Å². The van der Waals surface area contributed by atoms with E-state index < -0.39 is 5.97 Å². The standard InChI is InChI=1S/C13H14N2O3/c1-7-4-5-9(8(2)6-7)10-11(12(16)17)18-13(14-3)15-10/h4-6H,1-3H3,(H,14,15)(H,16,17). The molecular formula is C13H14N2O3. The van der Waals surface area contributed by atoms with Crippen LogP contribution in [0.4, 0.5) is 6.01 Å². The molecule has 1 aromatic heterocycles. The third-order valence-corrected chi connectivity index (χ3v) is 2.67. The molecule has 0 saturated heterocycles. The van der Waals surface area contributed by atoms with Crippen molar-refractivity contribution in [2.24, 2.45) is 0 Å². The zero-order valence-electron chi connectivity index (χ0n) is 10.4. The molecule has 94 valence electrons. The van der Waals surface area contributed by atoms with Crippen molar-refractivity contribution in [3.8, 4) is 11.3 Å². The smallest absolute Gasteiger partial charge is 0.374 e. The van der Waals surface area contributed by atoms with Gasteiger partial charge >= 0.3 is 5.97 Å². The molecule has 0 saturated carbocycles. The van der Waals surface area contributed by atoms with Gasteiger partial charge in [0.25, 0.3) is 6.01 Å². The molecule has 2 N–H and O–H groups in total. The molecule has 1 heterocycles. The number of carbonyl (C=O) groups is 1. The van der Waals surface area contributed by atoms with Crippen LogP contribution >= 0.6 is 0 Å². The molecule has 18 heavy (non-hydrogen) atoms. The van der Waals surface area contributed by atoms with Gasteiger partial charge < -0.3 is 14.8 Å². The van der Waals surface area contributed by atoms with Crippen molar-refractivity contribution < 1.29 is 14.3 Å². The predicted octanol–water partition coefficient (Wildman–Crippen LogP) is 2.70. The SMILES string of the molecule is CNc1nc(-c2ccc(C)cc2C)c(C(=O)O)o1. The molecule has 0 atom stereocenters. The molecule has 0 bridgehead atoms. The van der Waals surface area contributed by atoms with Crippen molar-refractivity contribution in [3.05, 3.63) is 35.1 Å². The normalized spacial score (nSPS) is 10.4. The van der Waals surface area contributed by atoms with Crippen LogP contribution in [0.2, 0.25) is 0 Å². The molecule has 0 aliphatic rings. The third kappa shape index (κ3) is 2.07. The maximum Gasteiger partial charge on any atom is 0.374 e. The van der Waals surface area contributed by atoms with Crippen LogP contribution in [0, 0.1) is 13.8 Å². The van der Waals surface area contributed by atoms with Crippen LogP contribution < -0.4 is 5.32 Å². The highest BCUT2D eigenvalue weighted by atomic mass is 16.4. The third-order valence-electron chi connectivity index (χ3n) is 2.67. The van der Waals surface area contributed by atoms with Gasteiger partial charge in [-0.25, -0.2) is 4.79 Å². The Bertz CT molecular complexity index is 602. The van der Waals surface area contributed by atoms with E-state index in [2.05, 4.69) is 10.3 Å². The first kappa shape index (κ1) is 12.2. The number of oxazole rings is 1. The number of nitrogens with zero attached hydrogens (tertiary/aromatic N) is 1. The van der Waals surface area contributed by atoms with Gasteiger partial charge in [0.1, 0.15) is 5.69 Å². The van der Waals surface area contributed by atoms with Crippen LogP contribution in [0.5, 0.6) is 0 Å². The maximum atomic E-state index is 11.1. The summed E-state index contributed by atoms with van der Waals surface area (Å²) in [5.41, 5.74) is 3.20. The number of nitrogens with one attached hydrogen (secondary N) is 1. The molecule has 0 amide bonds. The predicted molar refractivity (Wildman–Crippen MR) is 67.9 cm³/mol. The number of benzene rings is 1. The highest BCUT2D eigenvalue weighted by molar-refractivity contribution is 5.92. The monoisotopic (exact) mass is 246 g/mol. The Balaban J connectivity index is 2.62. The van der Waals surface area contributed by atoms with Crippen molar-refractivity contribution in [2.75, 3.05) is 12.4 Å². The van der Waals surface area contributed by atoms with E-state index in [0.29, 0.717) is 5.69 Å². The van der Waals surface area contributed by atoms with Crippen molar-refractivity contribution in [2.45, 2.75) is 13.8 Å². The van der Waals surface area contributed by atoms with E-state index in [1.807, 2.05) is 32.0 Å². The minimum absolute atomic E-state index is 0.147. The summed E-state index contributed by atoms with van der Waals surface area (Å²) in [5.74, 6) is -1.27. The molecule has 0 unspecified atom stereocenters. The van der Waals surface area contributed by atoms with Gasteiger partial charge in [-0.05, 0) is 19.4 Å². The van der Waals surface area contributed by atoms with Gasteiger partial charge in [-0.2, -0.15) is 4.98 Å². The van der Waals surface area contributed by atoms with Gasteiger partial charge in [-0.15, -0.1) is 0 Å². The number of rotatable bonds is 3. The van der Waals surface area contributed by atoms with E-state index in [1.54, 1.807) is 7.05 Å². The minimum atomic E-state index is -1.13. The lowest BCUT2D eigenvalue weighted by molar-refractivity contribution is 0.0665. The van der Waals surface area contributed by atoms with E-state index >= 15 is 0 Å². The fraction of sp³-hybridized carbons (Fsp3) is 0.231. The molecule has 0 spiro atoms. The topological polar surface area (TPSA) is 75.4 Å². The summed E-state index contributed by atoms with van der Waals surface area (Å²) in [7, 11) is 1.63. The average molecular weight is 246 g/mol. The summed E-state index contributed by atoms with van der Waals surface area (Å²) in [6.45, 7) is 3.90. The zero-order chi connectivity index (χ0) is 13.3. The molecule has 5 nitrogen and oxygen atoms in total. The number of carboxylic acids is 1. The number of aryl methyl sites for hydroxylation is 2. The van der Waals surface area contributed by atoms with E-state index in [1.165, 1.54) is 0 Å². The minimum Gasteiger partial charge on any atom is -0.475 e. The summed E-state index contributed by atoms with van der Waals surface area (Å²) in [6, 6.07) is 5.95. The average Bonchev–Trinajstić information content (AvgIpc) is 2.73. The highest BCUT2D eigenvalue weighted by Gasteiger charge is 2.21. The van der Waals surface area contributed by atoms with Gasteiger partial charge in [0.05, 0.1) is 0 Å². The van der Waals surface area contributed by atoms with Crippen LogP contribution in [0.1, 0.15) is 21.7 Å². The van der Waals surface area contributed by atoms with Crippen molar-refractivity contribution in [1.29, 1.82) is 0 Å². The molecule has 1 aromatic carbocycles.